The fourth-order valence-corrected chi connectivity index (χ4v) is 1.39. The first-order valence-corrected chi connectivity index (χ1v) is 5.52. The van der Waals surface area contributed by atoms with Crippen LogP contribution in [0.15, 0.2) is 12.3 Å². The summed E-state index contributed by atoms with van der Waals surface area (Å²) in [6.07, 6.45) is 3.93. The Labute approximate surface area is 90.1 Å². The molecule has 0 radical (unpaired) electrons. The number of rotatable bonds is 5. The summed E-state index contributed by atoms with van der Waals surface area (Å²) in [5.41, 5.74) is 0. The molecule has 1 aromatic heterocycles. The van der Waals surface area contributed by atoms with Gasteiger partial charge in [0.2, 0.25) is 11.8 Å². The van der Waals surface area contributed by atoms with Crippen molar-refractivity contribution in [2.24, 2.45) is 5.92 Å². The number of ether oxygens (including phenoxy) is 1. The van der Waals surface area contributed by atoms with E-state index in [-0.39, 0.29) is 0 Å². The highest BCUT2D eigenvalue weighted by molar-refractivity contribution is 5.31. The molecule has 2 atom stereocenters. The van der Waals surface area contributed by atoms with Gasteiger partial charge in [-0.2, -0.15) is 4.98 Å². The summed E-state index contributed by atoms with van der Waals surface area (Å²) in [6.45, 7) is 5.00. The zero-order chi connectivity index (χ0) is 10.7. The third-order valence-electron chi connectivity index (χ3n) is 2.51. The van der Waals surface area contributed by atoms with E-state index in [2.05, 4.69) is 29.1 Å². The molecule has 4 heteroatoms. The Morgan fingerprint density at radius 1 is 1.60 bits per heavy atom. The van der Waals surface area contributed by atoms with Crippen molar-refractivity contribution in [3.63, 3.8) is 0 Å². The van der Waals surface area contributed by atoms with Gasteiger partial charge in [-0.1, -0.05) is 13.8 Å². The molecule has 2 rings (SSSR count). The summed E-state index contributed by atoms with van der Waals surface area (Å²) < 4.78 is 5.43. The second-order valence-corrected chi connectivity index (χ2v) is 4.03. The molecule has 2 unspecified atom stereocenters. The van der Waals surface area contributed by atoms with E-state index in [1.807, 2.05) is 0 Å². The third-order valence-corrected chi connectivity index (χ3v) is 2.51. The lowest BCUT2D eigenvalue weighted by Crippen LogP contribution is -2.08. The van der Waals surface area contributed by atoms with Gasteiger partial charge in [0.25, 0.3) is 0 Å². The predicted molar refractivity (Wildman–Crippen MR) is 59.0 cm³/mol. The van der Waals surface area contributed by atoms with Gasteiger partial charge >= 0.3 is 0 Å². The maximum atomic E-state index is 5.43. The monoisotopic (exact) mass is 207 g/mol. The minimum Gasteiger partial charge on any atom is -0.478 e. The fourth-order valence-electron chi connectivity index (χ4n) is 1.39. The highest BCUT2D eigenvalue weighted by atomic mass is 16.5. The van der Waals surface area contributed by atoms with Crippen LogP contribution in [0.2, 0.25) is 0 Å². The van der Waals surface area contributed by atoms with E-state index in [1.54, 1.807) is 12.3 Å². The second kappa shape index (κ2) is 4.47. The Bertz CT molecular complexity index is 329. The normalized spacial score (nSPS) is 23.6. The molecule has 15 heavy (non-hydrogen) atoms. The summed E-state index contributed by atoms with van der Waals surface area (Å²) in [4.78, 5) is 8.44. The molecule has 1 aliphatic rings. The number of anilines is 1. The number of hydrogen-bond donors (Lipinski definition) is 1. The average Bonchev–Trinajstić information content (AvgIpc) is 2.92. The van der Waals surface area contributed by atoms with E-state index in [1.165, 1.54) is 6.42 Å². The van der Waals surface area contributed by atoms with E-state index in [4.69, 9.17) is 4.74 Å². The van der Waals surface area contributed by atoms with Gasteiger partial charge in [0.1, 0.15) is 0 Å². The molecule has 4 nitrogen and oxygen atoms in total. The summed E-state index contributed by atoms with van der Waals surface area (Å²) in [6, 6.07) is 2.34. The Balaban J connectivity index is 1.93. The Morgan fingerprint density at radius 2 is 2.40 bits per heavy atom. The Hall–Kier alpha value is -1.32. The van der Waals surface area contributed by atoms with Crippen LogP contribution >= 0.6 is 0 Å². The average molecular weight is 207 g/mol. The molecule has 1 heterocycles. The standard InChI is InChI=1S/C11H17N3O/c1-3-6-15-10-4-5-12-11(14-10)13-9-7-8(9)2/h4-5,8-9H,3,6-7H2,1-2H3,(H,12,13,14). The first-order valence-electron chi connectivity index (χ1n) is 5.52. The molecular formula is C11H17N3O. The van der Waals surface area contributed by atoms with Gasteiger partial charge in [0.15, 0.2) is 0 Å². The Morgan fingerprint density at radius 3 is 3.07 bits per heavy atom. The molecule has 0 aliphatic heterocycles. The molecular weight excluding hydrogens is 190 g/mol. The van der Waals surface area contributed by atoms with Gasteiger partial charge in [-0.05, 0) is 18.8 Å². The van der Waals surface area contributed by atoms with Gasteiger partial charge in [-0.25, -0.2) is 4.98 Å². The quantitative estimate of drug-likeness (QED) is 0.803. The molecule has 0 spiro atoms. The van der Waals surface area contributed by atoms with Crippen LogP contribution in [0.25, 0.3) is 0 Å². The number of nitrogens with zero attached hydrogens (tertiary/aromatic N) is 2. The van der Waals surface area contributed by atoms with Crippen LogP contribution in [0.1, 0.15) is 26.7 Å². The van der Waals surface area contributed by atoms with Crippen molar-refractivity contribution in [2.75, 3.05) is 11.9 Å². The molecule has 0 amide bonds. The van der Waals surface area contributed by atoms with E-state index in [9.17, 15) is 0 Å². The predicted octanol–water partition coefficient (Wildman–Crippen LogP) is 2.09. The highest BCUT2D eigenvalue weighted by Crippen LogP contribution is 2.31. The summed E-state index contributed by atoms with van der Waals surface area (Å²) in [5.74, 6) is 2.08. The van der Waals surface area contributed by atoms with E-state index in [0.29, 0.717) is 24.5 Å². The number of nitrogens with one attached hydrogen (secondary N) is 1. The molecule has 1 saturated carbocycles. The van der Waals surface area contributed by atoms with Crippen molar-refractivity contribution >= 4 is 5.95 Å². The lowest BCUT2D eigenvalue weighted by Gasteiger charge is -2.06. The number of hydrogen-bond acceptors (Lipinski definition) is 4. The van der Waals surface area contributed by atoms with Crippen LogP contribution in [0.3, 0.4) is 0 Å². The zero-order valence-electron chi connectivity index (χ0n) is 9.23. The molecule has 82 valence electrons. The van der Waals surface area contributed by atoms with E-state index < -0.39 is 0 Å². The first kappa shape index (κ1) is 10.2. The van der Waals surface area contributed by atoms with Gasteiger partial charge in [0.05, 0.1) is 6.61 Å². The highest BCUT2D eigenvalue weighted by Gasteiger charge is 2.32. The summed E-state index contributed by atoms with van der Waals surface area (Å²) in [5, 5.41) is 3.28. The van der Waals surface area contributed by atoms with Crippen LogP contribution in [0.5, 0.6) is 5.88 Å². The van der Waals surface area contributed by atoms with Gasteiger partial charge in [-0.15, -0.1) is 0 Å². The lowest BCUT2D eigenvalue weighted by molar-refractivity contribution is 0.305. The van der Waals surface area contributed by atoms with Crippen LogP contribution in [-0.2, 0) is 0 Å². The van der Waals surface area contributed by atoms with E-state index >= 15 is 0 Å². The Kier molecular flexibility index (Phi) is 3.04. The largest absolute Gasteiger partial charge is 0.478 e. The van der Waals surface area contributed by atoms with Gasteiger partial charge in [-0.3, -0.25) is 0 Å². The second-order valence-electron chi connectivity index (χ2n) is 4.03. The molecule has 1 fully saturated rings. The van der Waals surface area contributed by atoms with Crippen LogP contribution in [-0.4, -0.2) is 22.6 Å². The van der Waals surface area contributed by atoms with Crippen LogP contribution < -0.4 is 10.1 Å². The van der Waals surface area contributed by atoms with Crippen molar-refractivity contribution in [2.45, 2.75) is 32.7 Å². The van der Waals surface area contributed by atoms with Gasteiger partial charge < -0.3 is 10.1 Å². The van der Waals surface area contributed by atoms with Crippen molar-refractivity contribution < 1.29 is 4.74 Å². The maximum absolute atomic E-state index is 5.43. The van der Waals surface area contributed by atoms with Crippen molar-refractivity contribution in [1.29, 1.82) is 0 Å². The van der Waals surface area contributed by atoms with Gasteiger partial charge in [0, 0.05) is 18.3 Å². The molecule has 1 N–H and O–H groups in total. The van der Waals surface area contributed by atoms with E-state index in [0.717, 1.165) is 12.3 Å². The molecule has 0 saturated heterocycles. The molecule has 0 bridgehead atoms. The topological polar surface area (TPSA) is 47.0 Å². The van der Waals surface area contributed by atoms with Crippen molar-refractivity contribution in [3.8, 4) is 5.88 Å². The lowest BCUT2D eigenvalue weighted by atomic mass is 10.5. The third kappa shape index (κ3) is 2.81. The minimum absolute atomic E-state index is 0.548. The van der Waals surface area contributed by atoms with Crippen molar-refractivity contribution in [3.05, 3.63) is 12.3 Å². The van der Waals surface area contributed by atoms with Crippen LogP contribution in [0, 0.1) is 5.92 Å². The zero-order valence-corrected chi connectivity index (χ0v) is 9.23. The molecule has 1 aliphatic carbocycles. The SMILES string of the molecule is CCCOc1ccnc(NC2CC2C)n1. The number of aromatic nitrogens is 2. The minimum atomic E-state index is 0.548. The fraction of sp³-hybridized carbons (Fsp3) is 0.636. The first-order chi connectivity index (χ1) is 7.29. The van der Waals surface area contributed by atoms with Crippen molar-refractivity contribution in [1.82, 2.24) is 9.97 Å². The van der Waals surface area contributed by atoms with Crippen LogP contribution in [0.4, 0.5) is 5.95 Å². The maximum Gasteiger partial charge on any atom is 0.226 e. The smallest absolute Gasteiger partial charge is 0.226 e. The summed E-state index contributed by atoms with van der Waals surface area (Å²) in [7, 11) is 0. The molecule has 1 aromatic rings. The summed E-state index contributed by atoms with van der Waals surface area (Å²) >= 11 is 0. The molecule has 0 aromatic carbocycles.